The van der Waals surface area contributed by atoms with Crippen molar-refractivity contribution in [2.75, 3.05) is 0 Å². The van der Waals surface area contributed by atoms with Gasteiger partial charge in [-0.25, -0.2) is 8.42 Å². The van der Waals surface area contributed by atoms with E-state index >= 15 is 0 Å². The summed E-state index contributed by atoms with van der Waals surface area (Å²) < 4.78 is 22.4. The van der Waals surface area contributed by atoms with Gasteiger partial charge in [0.05, 0.1) is 10.3 Å². The van der Waals surface area contributed by atoms with Gasteiger partial charge < -0.3 is 5.11 Å². The summed E-state index contributed by atoms with van der Waals surface area (Å²) in [4.78, 5) is 0. The van der Waals surface area contributed by atoms with Crippen molar-refractivity contribution in [1.82, 2.24) is 0 Å². The van der Waals surface area contributed by atoms with Crippen LogP contribution in [0.3, 0.4) is 0 Å². The first-order valence-electron chi connectivity index (χ1n) is 5.33. The van der Waals surface area contributed by atoms with Gasteiger partial charge in [-0.1, -0.05) is 6.92 Å². The molecule has 2 fully saturated rings. The highest BCUT2D eigenvalue weighted by Crippen LogP contribution is 2.66. The third kappa shape index (κ3) is 1.31. The summed E-state index contributed by atoms with van der Waals surface area (Å²) in [5.41, 5.74) is -1.49. The average Bonchev–Trinajstić information content (AvgIpc) is 2.77. The molecule has 0 bridgehead atoms. The van der Waals surface area contributed by atoms with E-state index in [4.69, 9.17) is 10.7 Å². The van der Waals surface area contributed by atoms with Crippen LogP contribution in [0, 0.1) is 5.41 Å². The molecule has 2 aliphatic carbocycles. The lowest BCUT2D eigenvalue weighted by molar-refractivity contribution is -0.0419. The maximum atomic E-state index is 11.6. The predicted molar refractivity (Wildman–Crippen MR) is 59.3 cm³/mol. The summed E-state index contributed by atoms with van der Waals surface area (Å²) in [7, 11) is 1.95. The maximum absolute atomic E-state index is 11.6. The van der Waals surface area contributed by atoms with Crippen LogP contribution in [-0.2, 0) is 9.05 Å². The van der Waals surface area contributed by atoms with E-state index in [1.807, 2.05) is 6.92 Å². The standard InChI is InChI=1S/C10H17ClO3S/c1-8(4-3-5-9(8,2)12)10(6-7-10)15(11,13)14/h12H,3-7H2,1-2H3. The minimum absolute atomic E-state index is 0.583. The fourth-order valence-corrected chi connectivity index (χ4v) is 5.65. The Balaban J connectivity index is 2.48. The van der Waals surface area contributed by atoms with Gasteiger partial charge in [-0.3, -0.25) is 0 Å². The first-order valence-corrected chi connectivity index (χ1v) is 7.64. The molecule has 5 heteroatoms. The van der Waals surface area contributed by atoms with Crippen molar-refractivity contribution < 1.29 is 13.5 Å². The topological polar surface area (TPSA) is 54.4 Å². The SMILES string of the molecule is CC1(O)CCCC1(C)C1(S(=O)(=O)Cl)CC1. The van der Waals surface area contributed by atoms with Crippen molar-refractivity contribution >= 4 is 19.7 Å². The Hall–Kier alpha value is 0.200. The van der Waals surface area contributed by atoms with Gasteiger partial charge in [0.1, 0.15) is 0 Å². The molecule has 0 aliphatic heterocycles. The third-order valence-corrected chi connectivity index (χ3v) is 7.38. The van der Waals surface area contributed by atoms with Crippen molar-refractivity contribution in [3.63, 3.8) is 0 Å². The van der Waals surface area contributed by atoms with Gasteiger partial charge in [-0.05, 0) is 39.0 Å². The molecule has 2 aliphatic rings. The predicted octanol–water partition coefficient (Wildman–Crippen LogP) is 2.03. The Morgan fingerprint density at radius 3 is 1.93 bits per heavy atom. The van der Waals surface area contributed by atoms with Gasteiger partial charge in [0, 0.05) is 16.1 Å². The van der Waals surface area contributed by atoms with Crippen molar-refractivity contribution in [2.24, 2.45) is 5.41 Å². The van der Waals surface area contributed by atoms with E-state index in [-0.39, 0.29) is 0 Å². The Labute approximate surface area is 95.2 Å². The molecule has 0 radical (unpaired) electrons. The van der Waals surface area contributed by atoms with Gasteiger partial charge in [0.2, 0.25) is 9.05 Å². The average molecular weight is 253 g/mol. The first kappa shape index (κ1) is 11.7. The molecule has 0 saturated heterocycles. The van der Waals surface area contributed by atoms with Gasteiger partial charge in [-0.15, -0.1) is 0 Å². The van der Waals surface area contributed by atoms with E-state index < -0.39 is 24.8 Å². The smallest absolute Gasteiger partial charge is 0.238 e. The van der Waals surface area contributed by atoms with E-state index in [1.165, 1.54) is 0 Å². The molecule has 3 nitrogen and oxygen atoms in total. The number of halogens is 1. The molecule has 2 unspecified atom stereocenters. The molecule has 0 spiro atoms. The Kier molecular flexibility index (Phi) is 2.26. The van der Waals surface area contributed by atoms with Gasteiger partial charge in [0.15, 0.2) is 0 Å². The Morgan fingerprint density at radius 1 is 1.13 bits per heavy atom. The fraction of sp³-hybridized carbons (Fsp3) is 1.00. The third-order valence-electron chi connectivity index (χ3n) is 4.71. The zero-order valence-electron chi connectivity index (χ0n) is 9.09. The quantitative estimate of drug-likeness (QED) is 0.765. The molecule has 0 amide bonds. The van der Waals surface area contributed by atoms with Crippen molar-refractivity contribution in [1.29, 1.82) is 0 Å². The van der Waals surface area contributed by atoms with Crippen molar-refractivity contribution in [3.05, 3.63) is 0 Å². The van der Waals surface area contributed by atoms with E-state index in [0.29, 0.717) is 19.3 Å². The maximum Gasteiger partial charge on any atom is 0.238 e. The zero-order valence-corrected chi connectivity index (χ0v) is 10.7. The lowest BCUT2D eigenvalue weighted by Gasteiger charge is -2.42. The molecule has 0 aromatic heterocycles. The molecule has 0 aromatic rings. The molecule has 2 atom stereocenters. The molecular weight excluding hydrogens is 236 g/mol. The summed E-state index contributed by atoms with van der Waals surface area (Å²) >= 11 is 0. The molecule has 1 N–H and O–H groups in total. The van der Waals surface area contributed by atoms with Crippen LogP contribution in [0.15, 0.2) is 0 Å². The molecule has 0 aromatic carbocycles. The number of hydrogen-bond acceptors (Lipinski definition) is 3. The van der Waals surface area contributed by atoms with E-state index in [0.717, 1.165) is 12.8 Å². The number of rotatable bonds is 2. The first-order chi connectivity index (χ1) is 6.66. The van der Waals surface area contributed by atoms with Crippen LogP contribution < -0.4 is 0 Å². The monoisotopic (exact) mass is 252 g/mol. The molecule has 15 heavy (non-hydrogen) atoms. The largest absolute Gasteiger partial charge is 0.390 e. The molecule has 2 saturated carbocycles. The fourth-order valence-electron chi connectivity index (χ4n) is 3.23. The Bertz CT molecular complexity index is 383. The lowest BCUT2D eigenvalue weighted by Crippen LogP contribution is -2.51. The van der Waals surface area contributed by atoms with Gasteiger partial charge in [0.25, 0.3) is 0 Å². The van der Waals surface area contributed by atoms with E-state index in [2.05, 4.69) is 0 Å². The van der Waals surface area contributed by atoms with Crippen LogP contribution in [0.2, 0.25) is 0 Å². The summed E-state index contributed by atoms with van der Waals surface area (Å²) in [6.07, 6.45) is 3.46. The zero-order chi connectivity index (χ0) is 11.5. The second-order valence-electron chi connectivity index (χ2n) is 5.39. The van der Waals surface area contributed by atoms with Crippen LogP contribution >= 0.6 is 10.7 Å². The van der Waals surface area contributed by atoms with Crippen LogP contribution in [0.5, 0.6) is 0 Å². The Morgan fingerprint density at radius 2 is 1.67 bits per heavy atom. The minimum atomic E-state index is -3.59. The second-order valence-corrected chi connectivity index (χ2v) is 8.27. The highest BCUT2D eigenvalue weighted by atomic mass is 35.7. The van der Waals surface area contributed by atoms with Crippen LogP contribution in [0.25, 0.3) is 0 Å². The molecular formula is C10H17ClO3S. The van der Waals surface area contributed by atoms with E-state index in [9.17, 15) is 13.5 Å². The second kappa shape index (κ2) is 2.90. The van der Waals surface area contributed by atoms with Crippen LogP contribution in [0.4, 0.5) is 0 Å². The molecule has 88 valence electrons. The number of aliphatic hydroxyl groups is 1. The van der Waals surface area contributed by atoms with Crippen LogP contribution in [0.1, 0.15) is 46.0 Å². The minimum Gasteiger partial charge on any atom is -0.390 e. The summed E-state index contributed by atoms with van der Waals surface area (Å²) in [6, 6.07) is 0. The van der Waals surface area contributed by atoms with Gasteiger partial charge >= 0.3 is 0 Å². The van der Waals surface area contributed by atoms with E-state index in [1.54, 1.807) is 6.92 Å². The van der Waals surface area contributed by atoms with Gasteiger partial charge in [-0.2, -0.15) is 0 Å². The summed E-state index contributed by atoms with van der Waals surface area (Å²) in [5, 5.41) is 10.3. The van der Waals surface area contributed by atoms with Crippen molar-refractivity contribution in [2.45, 2.75) is 56.3 Å². The normalized spacial score (nSPS) is 44.3. The molecule has 0 heterocycles. The van der Waals surface area contributed by atoms with Crippen LogP contribution in [-0.4, -0.2) is 23.9 Å². The lowest BCUT2D eigenvalue weighted by atomic mass is 9.72. The number of hydrogen-bond donors (Lipinski definition) is 1. The highest BCUT2D eigenvalue weighted by molar-refractivity contribution is 8.15. The molecule has 2 rings (SSSR count). The summed E-state index contributed by atoms with van der Waals surface area (Å²) in [5.74, 6) is 0. The van der Waals surface area contributed by atoms with Crippen molar-refractivity contribution in [3.8, 4) is 0 Å². The summed E-state index contributed by atoms with van der Waals surface area (Å²) in [6.45, 7) is 3.61. The highest BCUT2D eigenvalue weighted by Gasteiger charge is 2.71.